The van der Waals surface area contributed by atoms with Crippen LogP contribution >= 0.6 is 0 Å². The third kappa shape index (κ3) is 4.78. The van der Waals surface area contributed by atoms with Crippen LogP contribution < -0.4 is 15.6 Å². The Bertz CT molecular complexity index is 951. The second-order valence-corrected chi connectivity index (χ2v) is 7.40. The van der Waals surface area contributed by atoms with Gasteiger partial charge < -0.3 is 0 Å². The van der Waals surface area contributed by atoms with Crippen LogP contribution in [-0.2, 0) is 10.0 Å². The molecule has 3 N–H and O–H groups in total. The average molecular weight is 376 g/mol. The smallest absolute Gasteiger partial charge is 0.269 e. The second kappa shape index (κ2) is 7.95. The molecule has 0 atom stereocenters. The van der Waals surface area contributed by atoms with E-state index in [2.05, 4.69) is 15.6 Å². The zero-order chi connectivity index (χ0) is 19.3. The van der Waals surface area contributed by atoms with E-state index in [-0.39, 0.29) is 27.8 Å². The molecule has 2 rings (SSSR count). The summed E-state index contributed by atoms with van der Waals surface area (Å²) in [5.74, 6) is -1.26. The lowest BCUT2D eigenvalue weighted by Gasteiger charge is -2.11. The van der Waals surface area contributed by atoms with Gasteiger partial charge in [0, 0.05) is 11.6 Å². The molecule has 0 unspecified atom stereocenters. The first-order valence-electron chi connectivity index (χ1n) is 7.61. The van der Waals surface area contributed by atoms with E-state index in [4.69, 9.17) is 5.26 Å². The molecule has 0 spiro atoms. The topological polar surface area (TPSA) is 111 Å². The SMILES string of the molecule is CC(C)NS(=O)(=O)c1ccc(C(=O)NNc2ccc(C#N)cc2F)cc1. The number of nitriles is 1. The number of nitrogens with one attached hydrogen (secondary N) is 3. The number of sulfonamides is 1. The number of rotatable bonds is 6. The predicted octanol–water partition coefficient (Wildman–Crippen LogP) is 2.14. The zero-order valence-corrected chi connectivity index (χ0v) is 14.9. The standard InChI is InChI=1S/C17H17FN4O3S/c1-11(2)22-26(24,25)14-6-4-13(5-7-14)17(23)21-20-16-8-3-12(10-19)9-15(16)18/h3-9,11,20,22H,1-2H3,(H,21,23). The van der Waals surface area contributed by atoms with Crippen molar-refractivity contribution in [3.05, 3.63) is 59.4 Å². The highest BCUT2D eigenvalue weighted by atomic mass is 32.2. The van der Waals surface area contributed by atoms with Crippen molar-refractivity contribution < 1.29 is 17.6 Å². The van der Waals surface area contributed by atoms with Gasteiger partial charge in [0.2, 0.25) is 10.0 Å². The molecule has 2 aromatic rings. The van der Waals surface area contributed by atoms with E-state index in [1.165, 1.54) is 36.4 Å². The van der Waals surface area contributed by atoms with Crippen molar-refractivity contribution in [1.29, 1.82) is 5.26 Å². The number of anilines is 1. The van der Waals surface area contributed by atoms with Gasteiger partial charge in [-0.2, -0.15) is 5.26 Å². The van der Waals surface area contributed by atoms with Crippen LogP contribution in [-0.4, -0.2) is 20.4 Å². The Balaban J connectivity index is 2.06. The quantitative estimate of drug-likeness (QED) is 0.669. The molecule has 2 aromatic carbocycles. The summed E-state index contributed by atoms with van der Waals surface area (Å²) in [6, 6.07) is 10.6. The number of halogens is 1. The van der Waals surface area contributed by atoms with Crippen molar-refractivity contribution in [2.45, 2.75) is 24.8 Å². The predicted molar refractivity (Wildman–Crippen MR) is 94.1 cm³/mol. The summed E-state index contributed by atoms with van der Waals surface area (Å²) in [4.78, 5) is 12.1. The molecule has 0 aliphatic rings. The monoisotopic (exact) mass is 376 g/mol. The summed E-state index contributed by atoms with van der Waals surface area (Å²) >= 11 is 0. The number of amides is 1. The Labute approximate surface area is 150 Å². The number of carbonyl (C=O) groups excluding carboxylic acids is 1. The Hall–Kier alpha value is -2.96. The molecule has 1 amide bonds. The highest BCUT2D eigenvalue weighted by Crippen LogP contribution is 2.15. The van der Waals surface area contributed by atoms with Crippen molar-refractivity contribution in [2.75, 3.05) is 5.43 Å². The molecular weight excluding hydrogens is 359 g/mol. The van der Waals surface area contributed by atoms with Gasteiger partial charge in [0.05, 0.1) is 22.2 Å². The molecule has 0 aliphatic heterocycles. The van der Waals surface area contributed by atoms with E-state index < -0.39 is 21.7 Å². The molecule has 0 fully saturated rings. The van der Waals surface area contributed by atoms with E-state index in [1.807, 2.05) is 0 Å². The molecule has 7 nitrogen and oxygen atoms in total. The molecule has 0 aromatic heterocycles. The normalized spacial score (nSPS) is 11.0. The van der Waals surface area contributed by atoms with Crippen LogP contribution in [0.2, 0.25) is 0 Å². The molecule has 0 saturated carbocycles. The van der Waals surface area contributed by atoms with Gasteiger partial charge in [0.1, 0.15) is 5.82 Å². The number of nitrogens with zero attached hydrogens (tertiary/aromatic N) is 1. The van der Waals surface area contributed by atoms with Crippen molar-refractivity contribution >= 4 is 21.6 Å². The van der Waals surface area contributed by atoms with Gasteiger partial charge in [-0.25, -0.2) is 17.5 Å². The minimum Gasteiger partial charge on any atom is -0.295 e. The third-order valence-corrected chi connectivity index (χ3v) is 4.90. The van der Waals surface area contributed by atoms with Crippen LogP contribution in [0.4, 0.5) is 10.1 Å². The minimum absolute atomic E-state index is 0.00215. The van der Waals surface area contributed by atoms with Crippen molar-refractivity contribution in [1.82, 2.24) is 10.1 Å². The lowest BCUT2D eigenvalue weighted by molar-refractivity contribution is 0.0962. The molecule has 0 bridgehead atoms. The zero-order valence-electron chi connectivity index (χ0n) is 14.1. The lowest BCUT2D eigenvalue weighted by atomic mass is 10.2. The number of carbonyl (C=O) groups is 1. The Kier molecular flexibility index (Phi) is 5.92. The van der Waals surface area contributed by atoms with Crippen molar-refractivity contribution in [3.63, 3.8) is 0 Å². The minimum atomic E-state index is -3.64. The maximum absolute atomic E-state index is 13.7. The Morgan fingerprint density at radius 3 is 2.35 bits per heavy atom. The average Bonchev–Trinajstić information content (AvgIpc) is 2.59. The molecule has 9 heteroatoms. The van der Waals surface area contributed by atoms with E-state index in [0.717, 1.165) is 6.07 Å². The second-order valence-electron chi connectivity index (χ2n) is 5.69. The lowest BCUT2D eigenvalue weighted by Crippen LogP contribution is -2.31. The first kappa shape index (κ1) is 19.4. The molecule has 136 valence electrons. The number of benzene rings is 2. The van der Waals surface area contributed by atoms with Gasteiger partial charge in [-0.15, -0.1) is 0 Å². The fourth-order valence-electron chi connectivity index (χ4n) is 2.05. The highest BCUT2D eigenvalue weighted by Gasteiger charge is 2.16. The van der Waals surface area contributed by atoms with Gasteiger partial charge in [-0.05, 0) is 56.3 Å². The van der Waals surface area contributed by atoms with E-state index in [0.29, 0.717) is 0 Å². The third-order valence-electron chi connectivity index (χ3n) is 3.23. The van der Waals surface area contributed by atoms with E-state index in [1.54, 1.807) is 19.9 Å². The van der Waals surface area contributed by atoms with Crippen LogP contribution in [0.25, 0.3) is 0 Å². The van der Waals surface area contributed by atoms with Gasteiger partial charge in [-0.3, -0.25) is 15.6 Å². The fourth-order valence-corrected chi connectivity index (χ4v) is 3.30. The summed E-state index contributed by atoms with van der Waals surface area (Å²) in [6.07, 6.45) is 0. The number of hydrogen-bond donors (Lipinski definition) is 3. The van der Waals surface area contributed by atoms with Crippen LogP contribution in [0, 0.1) is 17.1 Å². The molecule has 26 heavy (non-hydrogen) atoms. The maximum Gasteiger partial charge on any atom is 0.269 e. The first-order valence-corrected chi connectivity index (χ1v) is 9.09. The number of hydrazine groups is 1. The van der Waals surface area contributed by atoms with Crippen molar-refractivity contribution in [2.24, 2.45) is 0 Å². The van der Waals surface area contributed by atoms with E-state index in [9.17, 15) is 17.6 Å². The Morgan fingerprint density at radius 2 is 1.81 bits per heavy atom. The van der Waals surface area contributed by atoms with E-state index >= 15 is 0 Å². The van der Waals surface area contributed by atoms with Crippen LogP contribution in [0.3, 0.4) is 0 Å². The summed E-state index contributed by atoms with van der Waals surface area (Å²) in [5.41, 5.74) is 5.07. The maximum atomic E-state index is 13.7. The molecule has 0 heterocycles. The fraction of sp³-hybridized carbons (Fsp3) is 0.176. The number of hydrogen-bond acceptors (Lipinski definition) is 5. The summed E-state index contributed by atoms with van der Waals surface area (Å²) in [6.45, 7) is 3.40. The van der Waals surface area contributed by atoms with Gasteiger partial charge in [0.15, 0.2) is 0 Å². The summed E-state index contributed by atoms with van der Waals surface area (Å²) in [5, 5.41) is 8.69. The van der Waals surface area contributed by atoms with Crippen molar-refractivity contribution in [3.8, 4) is 6.07 Å². The van der Waals surface area contributed by atoms with Gasteiger partial charge >= 0.3 is 0 Å². The van der Waals surface area contributed by atoms with Gasteiger partial charge in [-0.1, -0.05) is 0 Å². The molecule has 0 radical (unpaired) electrons. The summed E-state index contributed by atoms with van der Waals surface area (Å²) < 4.78 is 40.3. The van der Waals surface area contributed by atoms with Crippen LogP contribution in [0.1, 0.15) is 29.8 Å². The molecule has 0 aliphatic carbocycles. The van der Waals surface area contributed by atoms with Crippen LogP contribution in [0.15, 0.2) is 47.4 Å². The highest BCUT2D eigenvalue weighted by molar-refractivity contribution is 7.89. The largest absolute Gasteiger partial charge is 0.295 e. The van der Waals surface area contributed by atoms with Gasteiger partial charge in [0.25, 0.3) is 5.91 Å². The Morgan fingerprint density at radius 1 is 1.15 bits per heavy atom. The molecular formula is C17H17FN4O3S. The first-order chi connectivity index (χ1) is 12.2. The summed E-state index contributed by atoms with van der Waals surface area (Å²) in [7, 11) is -3.64. The van der Waals surface area contributed by atoms with Crippen LogP contribution in [0.5, 0.6) is 0 Å². The molecule has 0 saturated heterocycles.